The van der Waals surface area contributed by atoms with E-state index in [2.05, 4.69) is 0 Å². The van der Waals surface area contributed by atoms with Crippen LogP contribution in [0.25, 0.3) is 0 Å². The third kappa shape index (κ3) is 3.66. The molecule has 0 aliphatic rings. The third-order valence-electron chi connectivity index (χ3n) is 1.46. The van der Waals surface area contributed by atoms with Gasteiger partial charge >= 0.3 is 0 Å². The van der Waals surface area contributed by atoms with Gasteiger partial charge in [-0.2, -0.15) is 5.26 Å². The number of nitriles is 1. The first-order valence-corrected chi connectivity index (χ1v) is 4.65. The lowest BCUT2D eigenvalue weighted by molar-refractivity contribution is -0.121. The second-order valence-electron chi connectivity index (χ2n) is 2.52. The highest BCUT2D eigenvalue weighted by molar-refractivity contribution is 6.42. The molecular formula is C9H6Cl2N2O2. The van der Waals surface area contributed by atoms with Gasteiger partial charge in [0.05, 0.1) is 10.0 Å². The highest BCUT2D eigenvalue weighted by Gasteiger charge is 2.03. The Labute approximate surface area is 96.4 Å². The molecule has 1 rings (SSSR count). The molecule has 4 nitrogen and oxygen atoms in total. The summed E-state index contributed by atoms with van der Waals surface area (Å²) in [4.78, 5) is 10.9. The molecule has 78 valence electrons. The molecule has 0 atom stereocenters. The van der Waals surface area contributed by atoms with E-state index in [1.807, 2.05) is 5.32 Å². The summed E-state index contributed by atoms with van der Waals surface area (Å²) < 4.78 is 5.05. The van der Waals surface area contributed by atoms with Gasteiger partial charge in [-0.1, -0.05) is 23.2 Å². The highest BCUT2D eigenvalue weighted by Crippen LogP contribution is 2.26. The van der Waals surface area contributed by atoms with Crippen LogP contribution in [0.15, 0.2) is 18.2 Å². The summed E-state index contributed by atoms with van der Waals surface area (Å²) in [5.41, 5.74) is 0. The molecular weight excluding hydrogens is 239 g/mol. The summed E-state index contributed by atoms with van der Waals surface area (Å²) in [6.45, 7) is -0.245. The Morgan fingerprint density at radius 3 is 2.80 bits per heavy atom. The Balaban J connectivity index is 2.55. The summed E-state index contributed by atoms with van der Waals surface area (Å²) in [6.07, 6.45) is 1.50. The van der Waals surface area contributed by atoms with Crippen molar-refractivity contribution < 1.29 is 9.53 Å². The molecule has 0 unspecified atom stereocenters. The normalized spacial score (nSPS) is 9.13. The van der Waals surface area contributed by atoms with E-state index in [0.29, 0.717) is 15.8 Å². The number of amides is 1. The van der Waals surface area contributed by atoms with Crippen molar-refractivity contribution in [1.29, 1.82) is 5.26 Å². The van der Waals surface area contributed by atoms with Crippen LogP contribution < -0.4 is 10.1 Å². The largest absolute Gasteiger partial charge is 0.484 e. The van der Waals surface area contributed by atoms with Gasteiger partial charge in [0.1, 0.15) is 5.75 Å². The average molecular weight is 245 g/mol. The van der Waals surface area contributed by atoms with Crippen LogP contribution in [0.4, 0.5) is 0 Å². The molecule has 0 saturated heterocycles. The van der Waals surface area contributed by atoms with Gasteiger partial charge < -0.3 is 4.74 Å². The van der Waals surface area contributed by atoms with Crippen LogP contribution in [0, 0.1) is 11.5 Å². The van der Waals surface area contributed by atoms with Gasteiger partial charge in [-0.05, 0) is 12.1 Å². The second-order valence-corrected chi connectivity index (χ2v) is 3.34. The van der Waals surface area contributed by atoms with Crippen LogP contribution in [-0.4, -0.2) is 12.5 Å². The van der Waals surface area contributed by atoms with Crippen molar-refractivity contribution in [2.45, 2.75) is 0 Å². The summed E-state index contributed by atoms with van der Waals surface area (Å²) in [5, 5.41) is 10.8. The predicted molar refractivity (Wildman–Crippen MR) is 55.7 cm³/mol. The molecule has 1 amide bonds. The van der Waals surface area contributed by atoms with Gasteiger partial charge in [0.25, 0.3) is 5.91 Å². The quantitative estimate of drug-likeness (QED) is 0.654. The van der Waals surface area contributed by atoms with E-state index in [4.69, 9.17) is 33.2 Å². The maximum absolute atomic E-state index is 10.9. The number of hydrogen-bond acceptors (Lipinski definition) is 3. The summed E-state index contributed by atoms with van der Waals surface area (Å²) in [7, 11) is 0. The van der Waals surface area contributed by atoms with Crippen LogP contribution >= 0.6 is 23.2 Å². The Morgan fingerprint density at radius 2 is 2.20 bits per heavy atom. The van der Waals surface area contributed by atoms with Crippen molar-refractivity contribution >= 4 is 29.1 Å². The van der Waals surface area contributed by atoms with Crippen LogP contribution in [-0.2, 0) is 4.79 Å². The van der Waals surface area contributed by atoms with Crippen LogP contribution in [0.2, 0.25) is 10.0 Å². The van der Waals surface area contributed by atoms with Crippen molar-refractivity contribution in [3.05, 3.63) is 28.2 Å². The number of carbonyl (C=O) groups is 1. The van der Waals surface area contributed by atoms with Crippen molar-refractivity contribution in [1.82, 2.24) is 5.32 Å². The fourth-order valence-corrected chi connectivity index (χ4v) is 1.10. The average Bonchev–Trinajstić information content (AvgIpc) is 2.20. The minimum Gasteiger partial charge on any atom is -0.484 e. The van der Waals surface area contributed by atoms with E-state index in [0.717, 1.165) is 0 Å². The summed E-state index contributed by atoms with van der Waals surface area (Å²) >= 11 is 11.4. The van der Waals surface area contributed by atoms with E-state index in [1.165, 1.54) is 12.3 Å². The Morgan fingerprint density at radius 1 is 1.47 bits per heavy atom. The van der Waals surface area contributed by atoms with Crippen LogP contribution in [0.3, 0.4) is 0 Å². The number of rotatable bonds is 3. The zero-order valence-corrected chi connectivity index (χ0v) is 8.97. The molecule has 1 N–H and O–H groups in total. The minimum absolute atomic E-state index is 0.245. The van der Waals surface area contributed by atoms with E-state index in [1.54, 1.807) is 12.1 Å². The van der Waals surface area contributed by atoms with Crippen molar-refractivity contribution in [3.8, 4) is 11.9 Å². The molecule has 0 aliphatic carbocycles. The van der Waals surface area contributed by atoms with Gasteiger partial charge in [-0.3, -0.25) is 10.1 Å². The van der Waals surface area contributed by atoms with Gasteiger partial charge in [-0.25, -0.2) is 0 Å². The maximum Gasteiger partial charge on any atom is 0.270 e. The lowest BCUT2D eigenvalue weighted by Crippen LogP contribution is -2.24. The maximum atomic E-state index is 10.9. The summed E-state index contributed by atoms with van der Waals surface area (Å²) in [5.74, 6) is -0.110. The number of nitrogens with one attached hydrogen (secondary N) is 1. The number of hydrogen-bond donors (Lipinski definition) is 1. The number of nitrogens with zero attached hydrogens (tertiary/aromatic N) is 1. The zero-order valence-electron chi connectivity index (χ0n) is 7.46. The molecule has 0 fully saturated rings. The predicted octanol–water partition coefficient (Wildman–Crippen LogP) is 1.97. The summed E-state index contributed by atoms with van der Waals surface area (Å²) in [6, 6.07) is 4.62. The Bertz CT molecular complexity index is 415. The minimum atomic E-state index is -0.524. The first-order chi connectivity index (χ1) is 7.13. The number of halogens is 2. The second kappa shape index (κ2) is 5.44. The molecule has 0 radical (unpaired) electrons. The van der Waals surface area contributed by atoms with Crippen molar-refractivity contribution in [3.63, 3.8) is 0 Å². The number of carbonyl (C=O) groups excluding carboxylic acids is 1. The molecule has 6 heteroatoms. The smallest absolute Gasteiger partial charge is 0.270 e. The topological polar surface area (TPSA) is 62.1 Å². The third-order valence-corrected chi connectivity index (χ3v) is 2.20. The lowest BCUT2D eigenvalue weighted by Gasteiger charge is -2.04. The SMILES string of the molecule is N#CNC(=O)COc1ccc(Cl)c(Cl)c1. The highest BCUT2D eigenvalue weighted by atomic mass is 35.5. The number of benzene rings is 1. The van der Waals surface area contributed by atoms with E-state index in [9.17, 15) is 4.79 Å². The molecule has 0 heterocycles. The van der Waals surface area contributed by atoms with Gasteiger partial charge in [-0.15, -0.1) is 0 Å². The molecule has 1 aromatic rings. The zero-order chi connectivity index (χ0) is 11.3. The van der Waals surface area contributed by atoms with Gasteiger partial charge in [0.2, 0.25) is 0 Å². The standard InChI is InChI=1S/C9H6Cl2N2O2/c10-7-2-1-6(3-8(7)11)15-4-9(14)13-5-12/h1-3H,4H2,(H,13,14). The lowest BCUT2D eigenvalue weighted by atomic mass is 10.3. The molecule has 1 aromatic carbocycles. The van der Waals surface area contributed by atoms with E-state index in [-0.39, 0.29) is 6.61 Å². The molecule has 0 aromatic heterocycles. The molecule has 0 aliphatic heterocycles. The van der Waals surface area contributed by atoms with E-state index >= 15 is 0 Å². The number of ether oxygens (including phenoxy) is 1. The first kappa shape index (κ1) is 11.6. The fourth-order valence-electron chi connectivity index (χ4n) is 0.814. The van der Waals surface area contributed by atoms with Crippen molar-refractivity contribution in [2.75, 3.05) is 6.61 Å². The molecule has 15 heavy (non-hydrogen) atoms. The molecule has 0 spiro atoms. The Kier molecular flexibility index (Phi) is 4.22. The Hall–Kier alpha value is -1.44. The van der Waals surface area contributed by atoms with Gasteiger partial charge in [0, 0.05) is 6.07 Å². The molecule has 0 bridgehead atoms. The van der Waals surface area contributed by atoms with Crippen LogP contribution in [0.1, 0.15) is 0 Å². The monoisotopic (exact) mass is 244 g/mol. The van der Waals surface area contributed by atoms with E-state index < -0.39 is 5.91 Å². The van der Waals surface area contributed by atoms with Crippen LogP contribution in [0.5, 0.6) is 5.75 Å². The first-order valence-electron chi connectivity index (χ1n) is 3.89. The van der Waals surface area contributed by atoms with Crippen molar-refractivity contribution in [2.24, 2.45) is 0 Å². The molecule has 0 saturated carbocycles. The fraction of sp³-hybridized carbons (Fsp3) is 0.111. The van der Waals surface area contributed by atoms with Gasteiger partial charge in [0.15, 0.2) is 12.8 Å².